The van der Waals surface area contributed by atoms with Crippen LogP contribution < -0.4 is 20.1 Å². The van der Waals surface area contributed by atoms with Crippen LogP contribution in [0.4, 0.5) is 5.69 Å². The van der Waals surface area contributed by atoms with Crippen LogP contribution in [0, 0.1) is 5.41 Å². The summed E-state index contributed by atoms with van der Waals surface area (Å²) in [5.74, 6) is 0.901. The Balaban J connectivity index is 2.07. The summed E-state index contributed by atoms with van der Waals surface area (Å²) in [6.45, 7) is 9.70. The van der Waals surface area contributed by atoms with Gasteiger partial charge in [-0.1, -0.05) is 20.8 Å². The van der Waals surface area contributed by atoms with Crippen LogP contribution in [0.15, 0.2) is 12.1 Å². The first-order chi connectivity index (χ1) is 11.2. The maximum absolute atomic E-state index is 12.1. The van der Waals surface area contributed by atoms with E-state index in [0.717, 1.165) is 17.7 Å². The molecule has 0 fully saturated rings. The SMILES string of the molecule is CCOc1cc2c(cc1NC(=O)CNC(=O)C(C)(C)C)OC(C)C2. The Hall–Kier alpha value is -2.24. The normalized spacial score (nSPS) is 16.1. The minimum Gasteiger partial charge on any atom is -0.492 e. The Morgan fingerprint density at radius 1 is 1.33 bits per heavy atom. The van der Waals surface area contributed by atoms with E-state index in [1.54, 1.807) is 26.8 Å². The lowest BCUT2D eigenvalue weighted by Gasteiger charge is -2.18. The molecule has 132 valence electrons. The van der Waals surface area contributed by atoms with Gasteiger partial charge in [0.15, 0.2) is 0 Å². The molecule has 1 unspecified atom stereocenters. The Bertz CT molecular complexity index is 635. The fourth-order valence-electron chi connectivity index (χ4n) is 2.43. The maximum atomic E-state index is 12.1. The van der Waals surface area contributed by atoms with E-state index >= 15 is 0 Å². The second kappa shape index (κ2) is 7.11. The summed E-state index contributed by atoms with van der Waals surface area (Å²) in [7, 11) is 0. The highest BCUT2D eigenvalue weighted by Crippen LogP contribution is 2.37. The Morgan fingerprint density at radius 2 is 2.04 bits per heavy atom. The van der Waals surface area contributed by atoms with E-state index in [2.05, 4.69) is 10.6 Å². The van der Waals surface area contributed by atoms with Crippen molar-refractivity contribution in [1.82, 2.24) is 5.32 Å². The molecule has 1 atom stereocenters. The van der Waals surface area contributed by atoms with E-state index in [4.69, 9.17) is 9.47 Å². The molecule has 2 N–H and O–H groups in total. The zero-order chi connectivity index (χ0) is 17.9. The van der Waals surface area contributed by atoms with Gasteiger partial charge in [-0.05, 0) is 19.9 Å². The first kappa shape index (κ1) is 18.1. The van der Waals surface area contributed by atoms with E-state index < -0.39 is 5.41 Å². The van der Waals surface area contributed by atoms with Gasteiger partial charge in [0, 0.05) is 23.5 Å². The average Bonchev–Trinajstić information content (AvgIpc) is 2.83. The first-order valence-corrected chi connectivity index (χ1v) is 8.25. The van der Waals surface area contributed by atoms with E-state index in [1.165, 1.54) is 0 Å². The number of rotatable bonds is 5. The van der Waals surface area contributed by atoms with E-state index in [1.807, 2.05) is 19.9 Å². The van der Waals surface area contributed by atoms with Crippen LogP contribution >= 0.6 is 0 Å². The van der Waals surface area contributed by atoms with Gasteiger partial charge in [-0.25, -0.2) is 0 Å². The molecule has 0 radical (unpaired) electrons. The number of fused-ring (bicyclic) bond motifs is 1. The number of carbonyl (C=O) groups is 2. The van der Waals surface area contributed by atoms with Gasteiger partial charge >= 0.3 is 0 Å². The lowest BCUT2D eigenvalue weighted by atomic mass is 9.96. The molecule has 1 aliphatic heterocycles. The molecule has 6 nitrogen and oxygen atoms in total. The van der Waals surface area contributed by atoms with Crippen molar-refractivity contribution in [3.63, 3.8) is 0 Å². The summed E-state index contributed by atoms with van der Waals surface area (Å²) in [5, 5.41) is 5.42. The molecule has 6 heteroatoms. The van der Waals surface area contributed by atoms with Crippen LogP contribution in [-0.2, 0) is 16.0 Å². The monoisotopic (exact) mass is 334 g/mol. The van der Waals surface area contributed by atoms with Crippen LogP contribution in [0.3, 0.4) is 0 Å². The smallest absolute Gasteiger partial charge is 0.243 e. The molecule has 0 bridgehead atoms. The first-order valence-electron chi connectivity index (χ1n) is 8.25. The minimum atomic E-state index is -0.533. The van der Waals surface area contributed by atoms with Gasteiger partial charge in [0.1, 0.15) is 17.6 Å². The van der Waals surface area contributed by atoms with Gasteiger partial charge in [-0.15, -0.1) is 0 Å². The zero-order valence-corrected chi connectivity index (χ0v) is 15.0. The highest BCUT2D eigenvalue weighted by atomic mass is 16.5. The van der Waals surface area contributed by atoms with E-state index in [9.17, 15) is 9.59 Å². The van der Waals surface area contributed by atoms with Crippen LogP contribution in [0.2, 0.25) is 0 Å². The van der Waals surface area contributed by atoms with Crippen molar-refractivity contribution in [1.29, 1.82) is 0 Å². The van der Waals surface area contributed by atoms with E-state index in [-0.39, 0.29) is 24.5 Å². The second-order valence-electron chi connectivity index (χ2n) is 7.00. The second-order valence-corrected chi connectivity index (χ2v) is 7.00. The maximum Gasteiger partial charge on any atom is 0.243 e. The predicted octanol–water partition coefficient (Wildman–Crippen LogP) is 2.51. The Kier molecular flexibility index (Phi) is 5.36. The lowest BCUT2D eigenvalue weighted by molar-refractivity contribution is -0.130. The number of benzene rings is 1. The number of hydrogen-bond acceptors (Lipinski definition) is 4. The molecule has 2 amide bonds. The molecular formula is C18H26N2O4. The van der Waals surface area contributed by atoms with Crippen molar-refractivity contribution < 1.29 is 19.1 Å². The molecule has 0 spiro atoms. The van der Waals surface area contributed by atoms with Crippen LogP contribution in [0.5, 0.6) is 11.5 Å². The van der Waals surface area contributed by atoms with Crippen molar-refractivity contribution in [3.05, 3.63) is 17.7 Å². The largest absolute Gasteiger partial charge is 0.492 e. The molecule has 0 saturated heterocycles. The summed E-state index contributed by atoms with van der Waals surface area (Å²) in [5.41, 5.74) is 1.10. The van der Waals surface area contributed by atoms with Gasteiger partial charge in [0.25, 0.3) is 0 Å². The summed E-state index contributed by atoms with van der Waals surface area (Å²) in [4.78, 5) is 24.0. The average molecular weight is 334 g/mol. The third kappa shape index (κ3) is 4.40. The Morgan fingerprint density at radius 3 is 2.67 bits per heavy atom. The quantitative estimate of drug-likeness (QED) is 0.867. The molecule has 0 saturated carbocycles. The molecule has 1 aromatic carbocycles. The van der Waals surface area contributed by atoms with Crippen LogP contribution in [0.1, 0.15) is 40.2 Å². The molecule has 2 rings (SSSR count). The third-order valence-electron chi connectivity index (χ3n) is 3.66. The highest BCUT2D eigenvalue weighted by Gasteiger charge is 2.24. The number of ether oxygens (including phenoxy) is 2. The van der Waals surface area contributed by atoms with Crippen molar-refractivity contribution in [2.45, 2.75) is 47.1 Å². The Labute approximate surface area is 142 Å². The molecular weight excluding hydrogens is 308 g/mol. The zero-order valence-electron chi connectivity index (χ0n) is 15.0. The van der Waals surface area contributed by atoms with Crippen molar-refractivity contribution >= 4 is 17.5 Å². The lowest BCUT2D eigenvalue weighted by Crippen LogP contribution is -2.39. The number of anilines is 1. The highest BCUT2D eigenvalue weighted by molar-refractivity contribution is 5.96. The van der Waals surface area contributed by atoms with Crippen LogP contribution in [-0.4, -0.2) is 31.1 Å². The summed E-state index contributed by atoms with van der Waals surface area (Å²) in [6, 6.07) is 3.69. The molecule has 1 aromatic rings. The minimum absolute atomic E-state index is 0.0873. The fraction of sp³-hybridized carbons (Fsp3) is 0.556. The number of amides is 2. The van der Waals surface area contributed by atoms with Crippen molar-refractivity contribution in [3.8, 4) is 11.5 Å². The van der Waals surface area contributed by atoms with E-state index in [0.29, 0.717) is 18.0 Å². The number of nitrogens with one attached hydrogen (secondary N) is 2. The number of carbonyl (C=O) groups excluding carboxylic acids is 2. The van der Waals surface area contributed by atoms with Gasteiger partial charge in [0.2, 0.25) is 11.8 Å². The standard InChI is InChI=1S/C18H26N2O4/c1-6-23-15-8-12-7-11(2)24-14(12)9-13(15)20-16(21)10-19-17(22)18(3,4)5/h8-9,11H,6-7,10H2,1-5H3,(H,19,22)(H,20,21). The molecule has 24 heavy (non-hydrogen) atoms. The molecule has 0 aromatic heterocycles. The topological polar surface area (TPSA) is 76.7 Å². The van der Waals surface area contributed by atoms with Crippen molar-refractivity contribution in [2.24, 2.45) is 5.41 Å². The summed E-state index contributed by atoms with van der Waals surface area (Å²) in [6.07, 6.45) is 0.942. The van der Waals surface area contributed by atoms with Gasteiger partial charge in [0.05, 0.1) is 18.8 Å². The summed E-state index contributed by atoms with van der Waals surface area (Å²) >= 11 is 0. The van der Waals surface area contributed by atoms with Gasteiger partial charge in [-0.2, -0.15) is 0 Å². The van der Waals surface area contributed by atoms with Crippen molar-refractivity contribution in [2.75, 3.05) is 18.5 Å². The summed E-state index contributed by atoms with van der Waals surface area (Å²) < 4.78 is 11.3. The third-order valence-corrected chi connectivity index (χ3v) is 3.66. The molecule has 1 aliphatic rings. The molecule has 1 heterocycles. The van der Waals surface area contributed by atoms with Gasteiger partial charge in [-0.3, -0.25) is 9.59 Å². The molecule has 0 aliphatic carbocycles. The fourth-order valence-corrected chi connectivity index (χ4v) is 2.43. The van der Waals surface area contributed by atoms with Crippen LogP contribution in [0.25, 0.3) is 0 Å². The predicted molar refractivity (Wildman–Crippen MR) is 92.5 cm³/mol. The number of hydrogen-bond donors (Lipinski definition) is 2. The van der Waals surface area contributed by atoms with Gasteiger partial charge < -0.3 is 20.1 Å².